The highest BCUT2D eigenvalue weighted by Gasteiger charge is 2.17. The van der Waals surface area contributed by atoms with Crippen LogP contribution in [-0.2, 0) is 0 Å². The van der Waals surface area contributed by atoms with Crippen molar-refractivity contribution >= 4 is 24.0 Å². The molecule has 0 atom stereocenters. The molecule has 0 spiro atoms. The summed E-state index contributed by atoms with van der Waals surface area (Å²) in [6.45, 7) is 4.34. The Bertz CT molecular complexity index is 560. The molecular formula is C16H21O2P. The molecule has 0 aliphatic heterocycles. The van der Waals surface area contributed by atoms with Crippen LogP contribution >= 0.6 is 7.92 Å². The van der Waals surface area contributed by atoms with Crippen molar-refractivity contribution < 1.29 is 10.2 Å². The summed E-state index contributed by atoms with van der Waals surface area (Å²) in [5.41, 5.74) is 0. The molecule has 2 nitrogen and oxygen atoms in total. The largest absolute Gasteiger partial charge is 0.507 e. The Morgan fingerprint density at radius 3 is 2.11 bits per heavy atom. The van der Waals surface area contributed by atoms with Crippen LogP contribution in [0.1, 0.15) is 26.7 Å². The Morgan fingerprint density at radius 2 is 1.53 bits per heavy atom. The highest BCUT2D eigenvalue weighted by molar-refractivity contribution is 7.65. The first kappa shape index (κ1) is 14.1. The van der Waals surface area contributed by atoms with Crippen molar-refractivity contribution in [3.8, 4) is 11.5 Å². The van der Waals surface area contributed by atoms with E-state index in [2.05, 4.69) is 13.8 Å². The van der Waals surface area contributed by atoms with Gasteiger partial charge >= 0.3 is 0 Å². The Labute approximate surface area is 115 Å². The third-order valence-corrected chi connectivity index (χ3v) is 6.30. The van der Waals surface area contributed by atoms with Crippen LogP contribution < -0.4 is 5.30 Å². The normalized spacial score (nSPS) is 11.3. The van der Waals surface area contributed by atoms with Crippen LogP contribution in [0.5, 0.6) is 11.5 Å². The van der Waals surface area contributed by atoms with E-state index in [9.17, 15) is 10.2 Å². The molecule has 0 saturated carbocycles. The van der Waals surface area contributed by atoms with Gasteiger partial charge < -0.3 is 10.2 Å². The zero-order chi connectivity index (χ0) is 13.8. The minimum absolute atomic E-state index is 0.281. The van der Waals surface area contributed by atoms with E-state index in [1.54, 1.807) is 6.07 Å². The minimum atomic E-state index is -0.376. The van der Waals surface area contributed by atoms with Crippen molar-refractivity contribution in [3.63, 3.8) is 0 Å². The molecule has 2 N–H and O–H groups in total. The molecule has 3 heteroatoms. The van der Waals surface area contributed by atoms with Crippen LogP contribution in [0.15, 0.2) is 30.3 Å². The molecule has 0 aromatic heterocycles. The molecule has 0 aliphatic rings. The molecule has 0 radical (unpaired) electrons. The number of benzene rings is 2. The molecule has 102 valence electrons. The van der Waals surface area contributed by atoms with Gasteiger partial charge in [0.25, 0.3) is 0 Å². The van der Waals surface area contributed by atoms with Crippen LogP contribution in [0, 0.1) is 0 Å². The maximum absolute atomic E-state index is 10.5. The maximum Gasteiger partial charge on any atom is 0.131 e. The van der Waals surface area contributed by atoms with Crippen LogP contribution in [0.3, 0.4) is 0 Å². The quantitative estimate of drug-likeness (QED) is 0.635. The maximum atomic E-state index is 10.5. The second-order valence-corrected chi connectivity index (χ2v) is 7.25. The molecule has 2 aromatic carbocycles. The van der Waals surface area contributed by atoms with Crippen molar-refractivity contribution in [2.75, 3.05) is 12.3 Å². The minimum Gasteiger partial charge on any atom is -0.507 e. The van der Waals surface area contributed by atoms with Crippen molar-refractivity contribution in [3.05, 3.63) is 30.3 Å². The summed E-state index contributed by atoms with van der Waals surface area (Å²) in [4.78, 5) is 0. The first-order valence-electron chi connectivity index (χ1n) is 6.87. The van der Waals surface area contributed by atoms with Crippen molar-refractivity contribution in [2.24, 2.45) is 0 Å². The van der Waals surface area contributed by atoms with Gasteiger partial charge in [0.05, 0.1) is 0 Å². The number of aromatic hydroxyl groups is 2. The summed E-state index contributed by atoms with van der Waals surface area (Å²) >= 11 is 0. The van der Waals surface area contributed by atoms with Gasteiger partial charge in [0.15, 0.2) is 0 Å². The van der Waals surface area contributed by atoms with Crippen molar-refractivity contribution in [1.29, 1.82) is 0 Å². The lowest BCUT2D eigenvalue weighted by molar-refractivity contribution is 0.473. The standard InChI is InChI=1S/C16H21O2P/c1-3-9-19(10-4-2)15-11-14(17)12-7-5-6-8-13(12)16(15)18/h5-8,11,17-18H,3-4,9-10H2,1-2H3. The molecule has 19 heavy (non-hydrogen) atoms. The highest BCUT2D eigenvalue weighted by Crippen LogP contribution is 2.43. The van der Waals surface area contributed by atoms with Gasteiger partial charge in [0.2, 0.25) is 0 Å². The molecule has 0 heterocycles. The average Bonchev–Trinajstić information content (AvgIpc) is 2.43. The van der Waals surface area contributed by atoms with Crippen molar-refractivity contribution in [2.45, 2.75) is 26.7 Å². The van der Waals surface area contributed by atoms with Gasteiger partial charge in [-0.05, 0) is 18.4 Å². The highest BCUT2D eigenvalue weighted by atomic mass is 31.1. The molecule has 0 amide bonds. The molecule has 0 saturated heterocycles. The summed E-state index contributed by atoms with van der Waals surface area (Å²) in [6, 6.07) is 9.26. The lowest BCUT2D eigenvalue weighted by Gasteiger charge is -2.19. The monoisotopic (exact) mass is 276 g/mol. The van der Waals surface area contributed by atoms with Gasteiger partial charge in [0.1, 0.15) is 11.5 Å². The zero-order valence-electron chi connectivity index (χ0n) is 11.6. The third kappa shape index (κ3) is 2.84. The van der Waals surface area contributed by atoms with E-state index in [-0.39, 0.29) is 13.7 Å². The van der Waals surface area contributed by atoms with Crippen molar-refractivity contribution in [1.82, 2.24) is 0 Å². The van der Waals surface area contributed by atoms with E-state index in [4.69, 9.17) is 0 Å². The Kier molecular flexibility index (Phi) is 4.66. The number of hydrogen-bond donors (Lipinski definition) is 2. The fourth-order valence-corrected chi connectivity index (χ4v) is 4.97. The Morgan fingerprint density at radius 1 is 0.947 bits per heavy atom. The fraction of sp³-hybridized carbons (Fsp3) is 0.375. The lowest BCUT2D eigenvalue weighted by atomic mass is 10.1. The summed E-state index contributed by atoms with van der Waals surface area (Å²) in [7, 11) is -0.376. The van der Waals surface area contributed by atoms with Gasteiger partial charge in [-0.3, -0.25) is 0 Å². The number of rotatable bonds is 5. The van der Waals surface area contributed by atoms with E-state index in [0.717, 1.165) is 41.2 Å². The van der Waals surface area contributed by atoms with Gasteiger partial charge in [-0.1, -0.05) is 58.9 Å². The predicted molar refractivity (Wildman–Crippen MR) is 84.1 cm³/mol. The SMILES string of the molecule is CCCP(CCC)c1cc(O)c2ccccc2c1O. The van der Waals surface area contributed by atoms with Crippen LogP contribution in [-0.4, -0.2) is 22.5 Å². The fourth-order valence-electron chi connectivity index (χ4n) is 2.46. The van der Waals surface area contributed by atoms with E-state index >= 15 is 0 Å². The number of hydrogen-bond acceptors (Lipinski definition) is 2. The van der Waals surface area contributed by atoms with Crippen LogP contribution in [0.4, 0.5) is 0 Å². The number of fused-ring (bicyclic) bond motifs is 1. The first-order chi connectivity index (χ1) is 9.19. The van der Waals surface area contributed by atoms with Gasteiger partial charge in [-0.2, -0.15) is 0 Å². The average molecular weight is 276 g/mol. The van der Waals surface area contributed by atoms with Gasteiger partial charge in [-0.15, -0.1) is 0 Å². The molecule has 2 rings (SSSR count). The molecule has 0 bridgehead atoms. The predicted octanol–water partition coefficient (Wildman–Crippen LogP) is 4.18. The Hall–Kier alpha value is -1.27. The lowest BCUT2D eigenvalue weighted by Crippen LogP contribution is -2.07. The van der Waals surface area contributed by atoms with Crippen LogP contribution in [0.2, 0.25) is 0 Å². The molecular weight excluding hydrogens is 255 g/mol. The van der Waals surface area contributed by atoms with E-state index in [0.29, 0.717) is 5.75 Å². The van der Waals surface area contributed by atoms with E-state index < -0.39 is 0 Å². The van der Waals surface area contributed by atoms with Gasteiger partial charge in [-0.25, -0.2) is 0 Å². The summed E-state index contributed by atoms with van der Waals surface area (Å²) in [5.74, 6) is 0.643. The Balaban J connectivity index is 2.56. The topological polar surface area (TPSA) is 40.5 Å². The van der Waals surface area contributed by atoms with E-state index in [1.165, 1.54) is 0 Å². The smallest absolute Gasteiger partial charge is 0.131 e. The number of phenolic OH excluding ortho intramolecular Hbond substituents is 2. The molecule has 0 unspecified atom stereocenters. The number of phenols is 2. The molecule has 0 aliphatic carbocycles. The van der Waals surface area contributed by atoms with Gasteiger partial charge in [0, 0.05) is 16.1 Å². The first-order valence-corrected chi connectivity index (χ1v) is 8.58. The zero-order valence-corrected chi connectivity index (χ0v) is 12.5. The van der Waals surface area contributed by atoms with Crippen LogP contribution in [0.25, 0.3) is 10.8 Å². The molecule has 0 fully saturated rings. The second kappa shape index (κ2) is 6.25. The molecule has 2 aromatic rings. The third-order valence-electron chi connectivity index (χ3n) is 3.30. The summed E-state index contributed by atoms with van der Waals surface area (Å²) in [5, 5.41) is 23.1. The second-order valence-electron chi connectivity index (χ2n) is 4.80. The van der Waals surface area contributed by atoms with E-state index in [1.807, 2.05) is 24.3 Å². The summed E-state index contributed by atoms with van der Waals surface area (Å²) in [6.07, 6.45) is 4.43. The summed E-state index contributed by atoms with van der Waals surface area (Å²) < 4.78 is 0.